The van der Waals surface area contributed by atoms with Gasteiger partial charge in [0.05, 0.1) is 10.5 Å². The van der Waals surface area contributed by atoms with Crippen molar-refractivity contribution in [1.82, 2.24) is 5.43 Å². The molecule has 20 heavy (non-hydrogen) atoms. The first-order valence-corrected chi connectivity index (χ1v) is 6.65. The van der Waals surface area contributed by atoms with Crippen molar-refractivity contribution in [2.24, 2.45) is 5.84 Å². The molecule has 6 heteroatoms. The average molecular weight is 345 g/mol. The molecule has 106 valence electrons. The van der Waals surface area contributed by atoms with Crippen LogP contribution in [-0.4, -0.2) is 0 Å². The van der Waals surface area contributed by atoms with Crippen molar-refractivity contribution < 1.29 is 13.2 Å². The highest BCUT2D eigenvalue weighted by Crippen LogP contribution is 2.24. The molecule has 0 aliphatic carbocycles. The van der Waals surface area contributed by atoms with Crippen molar-refractivity contribution in [3.8, 4) is 0 Å². The van der Waals surface area contributed by atoms with Gasteiger partial charge in [0, 0.05) is 6.07 Å². The van der Waals surface area contributed by atoms with Crippen LogP contribution in [0.2, 0.25) is 0 Å². The molecule has 0 heterocycles. The van der Waals surface area contributed by atoms with Gasteiger partial charge >= 0.3 is 0 Å². The van der Waals surface area contributed by atoms with E-state index in [9.17, 15) is 13.2 Å². The monoisotopic (exact) mass is 344 g/mol. The molecule has 0 aliphatic heterocycles. The van der Waals surface area contributed by atoms with Gasteiger partial charge in [-0.2, -0.15) is 0 Å². The smallest absolute Gasteiger partial charge is 0.137 e. The Labute approximate surface area is 122 Å². The number of hydrogen-bond acceptors (Lipinski definition) is 2. The molecule has 2 rings (SSSR count). The molecule has 2 aromatic carbocycles. The minimum absolute atomic E-state index is 0.223. The van der Waals surface area contributed by atoms with Crippen LogP contribution in [0.4, 0.5) is 13.2 Å². The zero-order valence-electron chi connectivity index (χ0n) is 10.3. The predicted molar refractivity (Wildman–Crippen MR) is 74.2 cm³/mol. The Morgan fingerprint density at radius 2 is 1.80 bits per heavy atom. The Morgan fingerprint density at radius 1 is 1.05 bits per heavy atom. The van der Waals surface area contributed by atoms with E-state index in [0.29, 0.717) is 15.6 Å². The molecule has 0 radical (unpaired) electrons. The van der Waals surface area contributed by atoms with E-state index in [4.69, 9.17) is 5.84 Å². The van der Waals surface area contributed by atoms with E-state index in [1.54, 1.807) is 12.1 Å². The van der Waals surface area contributed by atoms with E-state index in [0.717, 1.165) is 6.07 Å². The van der Waals surface area contributed by atoms with Crippen LogP contribution in [0.15, 0.2) is 40.9 Å². The van der Waals surface area contributed by atoms with E-state index in [2.05, 4.69) is 21.4 Å². The van der Waals surface area contributed by atoms with E-state index in [-0.39, 0.29) is 6.42 Å². The molecule has 3 N–H and O–H groups in total. The third-order valence-electron chi connectivity index (χ3n) is 2.99. The van der Waals surface area contributed by atoms with E-state index in [1.807, 2.05) is 0 Å². The number of nitrogens with one attached hydrogen (secondary N) is 1. The lowest BCUT2D eigenvalue weighted by atomic mass is 9.99. The molecule has 1 unspecified atom stereocenters. The summed E-state index contributed by atoms with van der Waals surface area (Å²) in [6, 6.07) is 7.40. The Balaban J connectivity index is 2.26. The summed E-state index contributed by atoms with van der Waals surface area (Å²) < 4.78 is 40.0. The molecular formula is C14H12BrF3N2. The second-order valence-electron chi connectivity index (χ2n) is 4.33. The minimum Gasteiger partial charge on any atom is -0.271 e. The van der Waals surface area contributed by atoms with Crippen LogP contribution in [0.5, 0.6) is 0 Å². The molecule has 0 fully saturated rings. The predicted octanol–water partition coefficient (Wildman–Crippen LogP) is 3.61. The van der Waals surface area contributed by atoms with Gasteiger partial charge in [0.15, 0.2) is 0 Å². The lowest BCUT2D eigenvalue weighted by Gasteiger charge is -2.17. The Morgan fingerprint density at radius 3 is 2.40 bits per heavy atom. The third kappa shape index (κ3) is 3.39. The maximum atomic E-state index is 13.6. The lowest BCUT2D eigenvalue weighted by Crippen LogP contribution is -2.29. The zero-order chi connectivity index (χ0) is 14.7. The molecule has 2 nitrogen and oxygen atoms in total. The van der Waals surface area contributed by atoms with Gasteiger partial charge in [-0.25, -0.2) is 13.2 Å². The molecule has 0 aliphatic rings. The number of hydrazine groups is 1. The summed E-state index contributed by atoms with van der Waals surface area (Å²) in [6.45, 7) is 0. The highest BCUT2D eigenvalue weighted by Gasteiger charge is 2.15. The second-order valence-corrected chi connectivity index (χ2v) is 5.19. The topological polar surface area (TPSA) is 38.0 Å². The van der Waals surface area contributed by atoms with E-state index >= 15 is 0 Å². The molecule has 0 saturated heterocycles. The maximum Gasteiger partial charge on any atom is 0.137 e. The zero-order valence-corrected chi connectivity index (χ0v) is 11.9. The lowest BCUT2D eigenvalue weighted by molar-refractivity contribution is 0.520. The summed E-state index contributed by atoms with van der Waals surface area (Å²) in [4.78, 5) is 0. The van der Waals surface area contributed by atoms with Gasteiger partial charge in [-0.1, -0.05) is 12.1 Å². The molecule has 0 amide bonds. The van der Waals surface area contributed by atoms with Crippen molar-refractivity contribution in [2.45, 2.75) is 12.5 Å². The van der Waals surface area contributed by atoms with Gasteiger partial charge < -0.3 is 0 Å². The Hall–Kier alpha value is -1.37. The van der Waals surface area contributed by atoms with Crippen molar-refractivity contribution in [3.05, 3.63) is 69.4 Å². The average Bonchev–Trinajstić information content (AvgIpc) is 2.41. The fourth-order valence-electron chi connectivity index (χ4n) is 1.91. The van der Waals surface area contributed by atoms with Crippen LogP contribution in [0, 0.1) is 17.5 Å². The summed E-state index contributed by atoms with van der Waals surface area (Å²) >= 11 is 3.09. The van der Waals surface area contributed by atoms with Crippen LogP contribution in [-0.2, 0) is 6.42 Å². The van der Waals surface area contributed by atoms with Crippen molar-refractivity contribution in [2.75, 3.05) is 0 Å². The normalized spacial score (nSPS) is 12.4. The molecule has 0 aromatic heterocycles. The fourth-order valence-corrected chi connectivity index (χ4v) is 2.31. The summed E-state index contributed by atoms with van der Waals surface area (Å²) in [5, 5.41) is 0. The van der Waals surface area contributed by atoms with Gasteiger partial charge in [-0.05, 0) is 51.7 Å². The van der Waals surface area contributed by atoms with E-state index in [1.165, 1.54) is 18.2 Å². The minimum atomic E-state index is -0.633. The van der Waals surface area contributed by atoms with Crippen LogP contribution >= 0.6 is 15.9 Å². The molecule has 2 aromatic rings. The van der Waals surface area contributed by atoms with E-state index < -0.39 is 23.5 Å². The summed E-state index contributed by atoms with van der Waals surface area (Å²) in [6.07, 6.45) is 0.223. The Kier molecular flexibility index (Phi) is 4.80. The second kappa shape index (κ2) is 6.39. The van der Waals surface area contributed by atoms with Crippen molar-refractivity contribution in [3.63, 3.8) is 0 Å². The first-order valence-electron chi connectivity index (χ1n) is 5.86. The van der Waals surface area contributed by atoms with Gasteiger partial charge in [-0.15, -0.1) is 0 Å². The van der Waals surface area contributed by atoms with Gasteiger partial charge in [-0.3, -0.25) is 11.3 Å². The Bertz CT molecular complexity index is 619. The number of halogens is 4. The van der Waals surface area contributed by atoms with Crippen molar-refractivity contribution >= 4 is 15.9 Å². The van der Waals surface area contributed by atoms with Crippen molar-refractivity contribution in [1.29, 1.82) is 0 Å². The molecule has 0 saturated carbocycles. The van der Waals surface area contributed by atoms with Crippen LogP contribution in [0.3, 0.4) is 0 Å². The van der Waals surface area contributed by atoms with Crippen LogP contribution in [0.25, 0.3) is 0 Å². The summed E-state index contributed by atoms with van der Waals surface area (Å²) in [5.74, 6) is 3.81. The molecular weight excluding hydrogens is 333 g/mol. The number of hydrogen-bond donors (Lipinski definition) is 2. The summed E-state index contributed by atoms with van der Waals surface area (Å²) in [7, 11) is 0. The molecule has 0 spiro atoms. The first-order chi connectivity index (χ1) is 9.51. The van der Waals surface area contributed by atoms with Gasteiger partial charge in [0.1, 0.15) is 17.5 Å². The highest BCUT2D eigenvalue weighted by molar-refractivity contribution is 9.10. The quantitative estimate of drug-likeness (QED) is 0.656. The summed E-state index contributed by atoms with van der Waals surface area (Å²) in [5.41, 5.74) is 3.58. The third-order valence-corrected chi connectivity index (χ3v) is 3.59. The number of rotatable bonds is 4. The standard InChI is InChI=1S/C14H12BrF3N2/c15-11-5-9(2-4-12(11)17)14(20-19)6-8-1-3-10(16)7-13(8)18/h1-5,7,14,20H,6,19H2. The van der Waals surface area contributed by atoms with Gasteiger partial charge in [0.25, 0.3) is 0 Å². The van der Waals surface area contributed by atoms with Gasteiger partial charge in [0.2, 0.25) is 0 Å². The molecule has 1 atom stereocenters. The molecule has 0 bridgehead atoms. The number of nitrogens with two attached hydrogens (primary N) is 1. The maximum absolute atomic E-state index is 13.6. The largest absolute Gasteiger partial charge is 0.271 e. The first kappa shape index (κ1) is 15.0. The highest BCUT2D eigenvalue weighted by atomic mass is 79.9. The number of benzene rings is 2. The van der Waals surface area contributed by atoms with Crippen LogP contribution in [0.1, 0.15) is 17.2 Å². The fraction of sp³-hybridized carbons (Fsp3) is 0.143. The van der Waals surface area contributed by atoms with Crippen LogP contribution < -0.4 is 11.3 Å². The SMILES string of the molecule is NNC(Cc1ccc(F)cc1F)c1ccc(F)c(Br)c1.